The van der Waals surface area contributed by atoms with Gasteiger partial charge in [-0.15, -0.1) is 0 Å². The molecule has 1 aromatic carbocycles. The lowest BCUT2D eigenvalue weighted by atomic mass is 10.00. The van der Waals surface area contributed by atoms with Gasteiger partial charge >= 0.3 is 0 Å². The van der Waals surface area contributed by atoms with E-state index in [4.69, 9.17) is 11.6 Å². The first-order valence-electron chi connectivity index (χ1n) is 6.25. The van der Waals surface area contributed by atoms with Crippen molar-refractivity contribution in [1.82, 2.24) is 14.5 Å². The highest BCUT2D eigenvalue weighted by Gasteiger charge is 2.20. The van der Waals surface area contributed by atoms with Gasteiger partial charge in [-0.25, -0.2) is 4.98 Å². The third kappa shape index (κ3) is 2.49. The van der Waals surface area contributed by atoms with Crippen molar-refractivity contribution < 1.29 is 4.79 Å². The molecule has 1 amide bonds. The number of halogens is 1. The molecule has 1 aromatic heterocycles. The van der Waals surface area contributed by atoms with Gasteiger partial charge < -0.3 is 9.47 Å². The Labute approximate surface area is 116 Å². The lowest BCUT2D eigenvalue weighted by Crippen LogP contribution is -2.37. The highest BCUT2D eigenvalue weighted by atomic mass is 35.5. The zero-order chi connectivity index (χ0) is 13.2. The smallest absolute Gasteiger partial charge is 0.242 e. The van der Waals surface area contributed by atoms with Gasteiger partial charge in [-0.05, 0) is 29.1 Å². The van der Waals surface area contributed by atoms with E-state index in [-0.39, 0.29) is 12.5 Å². The predicted octanol–water partition coefficient (Wildman–Crippen LogP) is 2.12. The Hall–Kier alpha value is -1.81. The van der Waals surface area contributed by atoms with Gasteiger partial charge in [0.25, 0.3) is 0 Å². The van der Waals surface area contributed by atoms with Crippen LogP contribution in [0.1, 0.15) is 11.1 Å². The van der Waals surface area contributed by atoms with Crippen LogP contribution in [0.3, 0.4) is 0 Å². The summed E-state index contributed by atoms with van der Waals surface area (Å²) < 4.78 is 1.66. The largest absolute Gasteiger partial charge is 0.336 e. The van der Waals surface area contributed by atoms with Gasteiger partial charge in [-0.1, -0.05) is 24.3 Å². The average molecular weight is 276 g/mol. The molecule has 0 fully saturated rings. The molecule has 0 radical (unpaired) electrons. The van der Waals surface area contributed by atoms with Crippen LogP contribution in [0.4, 0.5) is 0 Å². The minimum atomic E-state index is 0.0782. The first kappa shape index (κ1) is 12.2. The molecule has 1 aliphatic heterocycles. The van der Waals surface area contributed by atoms with E-state index in [1.807, 2.05) is 17.0 Å². The van der Waals surface area contributed by atoms with Crippen LogP contribution in [0, 0.1) is 0 Å². The van der Waals surface area contributed by atoms with Crippen LogP contribution in [-0.2, 0) is 24.3 Å². The van der Waals surface area contributed by atoms with E-state index in [2.05, 4.69) is 17.1 Å². The van der Waals surface area contributed by atoms with E-state index in [9.17, 15) is 4.79 Å². The number of hydrogen-bond donors (Lipinski definition) is 0. The monoisotopic (exact) mass is 275 g/mol. The predicted molar refractivity (Wildman–Crippen MR) is 72.8 cm³/mol. The summed E-state index contributed by atoms with van der Waals surface area (Å²) in [7, 11) is 0. The standard InChI is InChI=1S/C14H14ClN3O/c15-14-16-6-8-18(14)10-13(19)17-7-5-11-3-1-2-4-12(11)9-17/h1-4,6,8H,5,7,9-10H2. The molecule has 4 nitrogen and oxygen atoms in total. The Bertz CT molecular complexity index is 608. The maximum absolute atomic E-state index is 12.2. The Balaban J connectivity index is 1.71. The number of rotatable bonds is 2. The second-order valence-electron chi connectivity index (χ2n) is 4.66. The molecule has 2 aromatic rings. The average Bonchev–Trinajstić information content (AvgIpc) is 2.84. The molecule has 0 N–H and O–H groups in total. The number of benzene rings is 1. The lowest BCUT2D eigenvalue weighted by Gasteiger charge is -2.29. The fourth-order valence-electron chi connectivity index (χ4n) is 2.38. The quantitative estimate of drug-likeness (QED) is 0.842. The third-order valence-electron chi connectivity index (χ3n) is 3.45. The van der Waals surface area contributed by atoms with E-state index in [0.29, 0.717) is 11.8 Å². The van der Waals surface area contributed by atoms with Crippen LogP contribution in [0.2, 0.25) is 5.28 Å². The molecule has 0 atom stereocenters. The second-order valence-corrected chi connectivity index (χ2v) is 5.00. The molecule has 0 aliphatic carbocycles. The molecule has 19 heavy (non-hydrogen) atoms. The van der Waals surface area contributed by atoms with E-state index >= 15 is 0 Å². The molecular formula is C14H14ClN3O. The highest BCUT2D eigenvalue weighted by molar-refractivity contribution is 6.28. The summed E-state index contributed by atoms with van der Waals surface area (Å²) in [6.45, 7) is 1.70. The van der Waals surface area contributed by atoms with Crippen LogP contribution in [0.25, 0.3) is 0 Å². The molecular weight excluding hydrogens is 262 g/mol. The molecule has 0 saturated heterocycles. The van der Waals surface area contributed by atoms with Gasteiger partial charge in [0.2, 0.25) is 11.2 Å². The first-order chi connectivity index (χ1) is 9.24. The summed E-state index contributed by atoms with van der Waals surface area (Å²) in [4.78, 5) is 18.0. The van der Waals surface area contributed by atoms with Gasteiger partial charge in [0.15, 0.2) is 0 Å². The zero-order valence-corrected chi connectivity index (χ0v) is 11.2. The van der Waals surface area contributed by atoms with Crippen molar-refractivity contribution in [3.05, 3.63) is 53.1 Å². The van der Waals surface area contributed by atoms with Gasteiger partial charge in [0.05, 0.1) is 0 Å². The Morgan fingerprint density at radius 1 is 1.32 bits per heavy atom. The van der Waals surface area contributed by atoms with E-state index in [1.54, 1.807) is 17.0 Å². The number of fused-ring (bicyclic) bond motifs is 1. The molecule has 0 spiro atoms. The van der Waals surface area contributed by atoms with Crippen LogP contribution in [-0.4, -0.2) is 26.9 Å². The van der Waals surface area contributed by atoms with Crippen molar-refractivity contribution in [2.24, 2.45) is 0 Å². The Morgan fingerprint density at radius 2 is 2.11 bits per heavy atom. The van der Waals surface area contributed by atoms with Crippen molar-refractivity contribution in [2.45, 2.75) is 19.5 Å². The molecule has 0 bridgehead atoms. The van der Waals surface area contributed by atoms with Crippen molar-refractivity contribution in [3.63, 3.8) is 0 Å². The molecule has 1 aliphatic rings. The maximum Gasteiger partial charge on any atom is 0.242 e. The lowest BCUT2D eigenvalue weighted by molar-refractivity contribution is -0.132. The number of hydrogen-bond acceptors (Lipinski definition) is 2. The van der Waals surface area contributed by atoms with Crippen LogP contribution >= 0.6 is 11.6 Å². The summed E-state index contributed by atoms with van der Waals surface area (Å²) in [6.07, 6.45) is 4.23. The van der Waals surface area contributed by atoms with Crippen molar-refractivity contribution in [3.8, 4) is 0 Å². The van der Waals surface area contributed by atoms with Crippen molar-refractivity contribution in [1.29, 1.82) is 0 Å². The van der Waals surface area contributed by atoms with Crippen LogP contribution in [0.15, 0.2) is 36.7 Å². The van der Waals surface area contributed by atoms with E-state index < -0.39 is 0 Å². The van der Waals surface area contributed by atoms with E-state index in [0.717, 1.165) is 13.0 Å². The highest BCUT2D eigenvalue weighted by Crippen LogP contribution is 2.19. The van der Waals surface area contributed by atoms with Gasteiger partial charge in [0, 0.05) is 25.5 Å². The molecule has 98 valence electrons. The third-order valence-corrected chi connectivity index (χ3v) is 3.77. The number of carbonyl (C=O) groups excluding carboxylic acids is 1. The number of imidazole rings is 1. The second kappa shape index (κ2) is 5.05. The summed E-state index contributed by atoms with van der Waals surface area (Å²) in [5.41, 5.74) is 2.58. The maximum atomic E-state index is 12.2. The summed E-state index contributed by atoms with van der Waals surface area (Å²) in [6, 6.07) is 8.27. The molecule has 0 unspecified atom stereocenters. The summed E-state index contributed by atoms with van der Waals surface area (Å²) >= 11 is 5.88. The molecule has 0 saturated carbocycles. The van der Waals surface area contributed by atoms with Crippen molar-refractivity contribution >= 4 is 17.5 Å². The summed E-state index contributed by atoms with van der Waals surface area (Å²) in [5.74, 6) is 0.0782. The fraction of sp³-hybridized carbons (Fsp3) is 0.286. The molecule has 3 rings (SSSR count). The minimum Gasteiger partial charge on any atom is -0.336 e. The normalized spacial score (nSPS) is 14.3. The zero-order valence-electron chi connectivity index (χ0n) is 10.4. The van der Waals surface area contributed by atoms with E-state index in [1.165, 1.54) is 11.1 Å². The Kier molecular flexibility index (Phi) is 3.25. The van der Waals surface area contributed by atoms with Crippen LogP contribution in [0.5, 0.6) is 0 Å². The molecule has 5 heteroatoms. The number of aromatic nitrogens is 2. The summed E-state index contributed by atoms with van der Waals surface area (Å²) in [5, 5.41) is 0.353. The Morgan fingerprint density at radius 3 is 2.84 bits per heavy atom. The number of carbonyl (C=O) groups is 1. The SMILES string of the molecule is O=C(Cn1ccnc1Cl)N1CCc2ccccc2C1. The van der Waals surface area contributed by atoms with Crippen LogP contribution < -0.4 is 0 Å². The van der Waals surface area contributed by atoms with Gasteiger partial charge in [0.1, 0.15) is 6.54 Å². The fourth-order valence-corrected chi connectivity index (χ4v) is 2.56. The molecule has 2 heterocycles. The van der Waals surface area contributed by atoms with Gasteiger partial charge in [-0.2, -0.15) is 0 Å². The number of amides is 1. The van der Waals surface area contributed by atoms with Crippen molar-refractivity contribution in [2.75, 3.05) is 6.54 Å². The minimum absolute atomic E-state index is 0.0782. The number of nitrogens with zero attached hydrogens (tertiary/aromatic N) is 3. The van der Waals surface area contributed by atoms with Gasteiger partial charge in [-0.3, -0.25) is 4.79 Å². The first-order valence-corrected chi connectivity index (χ1v) is 6.63. The topological polar surface area (TPSA) is 38.1 Å².